The molecule has 1 spiro atoms. The molecule has 3 aliphatic heterocycles. The number of hydrogen-bond acceptors (Lipinski definition) is 4. The maximum atomic E-state index is 4.30. The number of hydrogen-bond donors (Lipinski definition) is 2. The number of nitrogens with zero attached hydrogens (tertiary/aromatic N) is 4. The van der Waals surface area contributed by atoms with Gasteiger partial charge in [-0.1, -0.05) is 18.2 Å². The van der Waals surface area contributed by atoms with Crippen molar-refractivity contribution in [2.24, 2.45) is 9.98 Å². The van der Waals surface area contributed by atoms with E-state index in [4.69, 9.17) is 0 Å². The third-order valence-electron chi connectivity index (χ3n) is 3.44. The summed E-state index contributed by atoms with van der Waals surface area (Å²) in [4.78, 5) is 8.56. The van der Waals surface area contributed by atoms with Crippen LogP contribution in [-0.2, 0) is 0 Å². The number of thioether (sulfide) groups is 2. The van der Waals surface area contributed by atoms with Gasteiger partial charge >= 0.3 is 10.0 Å². The van der Waals surface area contributed by atoms with Crippen molar-refractivity contribution >= 4 is 45.8 Å². The minimum Gasteiger partial charge on any atom is -0.261 e. The van der Waals surface area contributed by atoms with Gasteiger partial charge in [-0.3, -0.25) is 9.98 Å². The quantitative estimate of drug-likeness (QED) is 0.748. The molecule has 0 aromatic heterocycles. The minimum absolute atomic E-state index is 0.338. The first-order chi connectivity index (χ1) is 10.3. The van der Waals surface area contributed by atoms with Crippen molar-refractivity contribution < 1.29 is 9.37 Å². The Morgan fingerprint density at radius 2 is 1.67 bits per heavy atom. The summed E-state index contributed by atoms with van der Waals surface area (Å²) < 4.78 is 3.89. The van der Waals surface area contributed by atoms with Gasteiger partial charge in [-0.15, -0.1) is 10.9 Å². The molecule has 2 saturated heterocycles. The SMILES string of the molecule is CN=C1N[N+]2=CC(c3ccccc3)=[N+]3NC(=NC)SC23S1. The van der Waals surface area contributed by atoms with Crippen molar-refractivity contribution in [2.75, 3.05) is 14.1 Å². The Bertz CT molecular complexity index is 732. The van der Waals surface area contributed by atoms with Crippen LogP contribution in [0, 0.1) is 0 Å². The molecular formula is C13H14N6S2+2. The Kier molecular flexibility index (Phi) is 2.83. The Morgan fingerprint density at radius 3 is 2.33 bits per heavy atom. The predicted molar refractivity (Wildman–Crippen MR) is 88.0 cm³/mol. The standard InChI is InChI=1S/C13H13N6S2/c1-14-11-16-18-8-10(9-6-4-3-5-7-9)19-13(18,20-11)21-12(15-2)17-19/h3-8H,1-2H3,(H,15,17)/q+1/p+1. The number of benzene rings is 1. The zero-order valence-corrected chi connectivity index (χ0v) is 13.2. The summed E-state index contributed by atoms with van der Waals surface area (Å²) in [5, 5.41) is 1.79. The molecule has 2 N–H and O–H groups in total. The number of amidine groups is 2. The van der Waals surface area contributed by atoms with E-state index in [1.165, 1.54) is 0 Å². The molecule has 3 heterocycles. The van der Waals surface area contributed by atoms with Gasteiger partial charge in [0.25, 0.3) is 6.21 Å². The first kappa shape index (κ1) is 12.9. The van der Waals surface area contributed by atoms with Crippen LogP contribution < -0.4 is 10.9 Å². The average Bonchev–Trinajstić information content (AvgIpc) is 3.13. The lowest BCUT2D eigenvalue weighted by Crippen LogP contribution is -2.42. The molecular weight excluding hydrogens is 304 g/mol. The molecule has 3 aliphatic rings. The van der Waals surface area contributed by atoms with Crippen LogP contribution in [0.3, 0.4) is 0 Å². The van der Waals surface area contributed by atoms with Gasteiger partial charge in [0, 0.05) is 14.1 Å². The van der Waals surface area contributed by atoms with Gasteiger partial charge in [0.05, 0.1) is 29.1 Å². The highest BCUT2D eigenvalue weighted by molar-refractivity contribution is 8.30. The second kappa shape index (κ2) is 4.60. The molecule has 4 rings (SSSR count). The highest BCUT2D eigenvalue weighted by Gasteiger charge is 2.73. The van der Waals surface area contributed by atoms with Crippen molar-refractivity contribution in [3.05, 3.63) is 35.9 Å². The predicted octanol–water partition coefficient (Wildman–Crippen LogP) is 0.671. The maximum Gasteiger partial charge on any atom is 0.518 e. The number of rotatable bonds is 1. The molecule has 2 fully saturated rings. The molecule has 0 bridgehead atoms. The fourth-order valence-corrected chi connectivity index (χ4v) is 4.94. The number of hydrazone groups is 2. The summed E-state index contributed by atoms with van der Waals surface area (Å²) in [5.41, 5.74) is 8.97. The van der Waals surface area contributed by atoms with E-state index in [1.807, 2.05) is 18.2 Å². The molecule has 0 radical (unpaired) electrons. The number of aliphatic imine (C=N–C) groups is 2. The molecule has 1 unspecified atom stereocenters. The monoisotopic (exact) mass is 318 g/mol. The molecule has 106 valence electrons. The Labute approximate surface area is 130 Å². The summed E-state index contributed by atoms with van der Waals surface area (Å²) in [6.45, 7) is 0. The first-order valence-corrected chi connectivity index (χ1v) is 8.12. The Balaban J connectivity index is 1.88. The van der Waals surface area contributed by atoms with Gasteiger partial charge < -0.3 is 0 Å². The molecule has 0 saturated carbocycles. The van der Waals surface area contributed by atoms with Crippen LogP contribution in [0.2, 0.25) is 0 Å². The molecule has 21 heavy (non-hydrogen) atoms. The number of nitrogens with one attached hydrogen (secondary N) is 2. The number of hydrazine groups is 2. The van der Waals surface area contributed by atoms with Crippen LogP contribution in [-0.4, -0.2) is 50.1 Å². The lowest BCUT2D eigenvalue weighted by atomic mass is 10.1. The van der Waals surface area contributed by atoms with Crippen molar-refractivity contribution in [1.29, 1.82) is 0 Å². The van der Waals surface area contributed by atoms with Gasteiger partial charge in [0.15, 0.2) is 0 Å². The van der Waals surface area contributed by atoms with E-state index in [1.54, 1.807) is 37.6 Å². The largest absolute Gasteiger partial charge is 0.518 e. The topological polar surface area (TPSA) is 54.8 Å². The smallest absolute Gasteiger partial charge is 0.261 e. The molecule has 1 aromatic carbocycles. The van der Waals surface area contributed by atoms with Gasteiger partial charge in [0.2, 0.25) is 10.3 Å². The molecule has 1 aromatic rings. The van der Waals surface area contributed by atoms with E-state index in [0.29, 0.717) is 0 Å². The van der Waals surface area contributed by atoms with Crippen LogP contribution in [0.5, 0.6) is 0 Å². The Hall–Kier alpha value is -1.80. The highest BCUT2D eigenvalue weighted by atomic mass is 32.2. The summed E-state index contributed by atoms with van der Waals surface area (Å²) in [5.74, 6) is 0. The Morgan fingerprint density at radius 1 is 1.00 bits per heavy atom. The van der Waals surface area contributed by atoms with Crippen LogP contribution in [0.25, 0.3) is 0 Å². The molecule has 8 heteroatoms. The third-order valence-corrected chi connectivity index (χ3v) is 6.16. The molecule has 0 aliphatic carbocycles. The van der Waals surface area contributed by atoms with Gasteiger partial charge in [-0.2, -0.15) is 0 Å². The van der Waals surface area contributed by atoms with E-state index in [9.17, 15) is 0 Å². The normalized spacial score (nSPS) is 30.3. The second-order valence-electron chi connectivity index (χ2n) is 4.62. The van der Waals surface area contributed by atoms with E-state index < -0.39 is 0 Å². The molecule has 1 atom stereocenters. The van der Waals surface area contributed by atoms with E-state index in [0.717, 1.165) is 21.6 Å². The minimum atomic E-state index is -0.338. The summed E-state index contributed by atoms with van der Waals surface area (Å²) in [6.07, 6.45) is 2.10. The van der Waals surface area contributed by atoms with E-state index >= 15 is 0 Å². The van der Waals surface area contributed by atoms with Gasteiger partial charge in [-0.25, -0.2) is 0 Å². The zero-order valence-electron chi connectivity index (χ0n) is 11.6. The second-order valence-corrected chi connectivity index (χ2v) is 7.20. The van der Waals surface area contributed by atoms with Crippen molar-refractivity contribution in [3.63, 3.8) is 0 Å². The summed E-state index contributed by atoms with van der Waals surface area (Å²) >= 11 is 3.35. The average molecular weight is 318 g/mol. The van der Waals surface area contributed by atoms with Crippen LogP contribution in [0.4, 0.5) is 0 Å². The molecule has 0 amide bonds. The van der Waals surface area contributed by atoms with Gasteiger partial charge in [-0.05, 0) is 21.5 Å². The van der Waals surface area contributed by atoms with E-state index in [2.05, 4.69) is 48.6 Å². The van der Waals surface area contributed by atoms with Crippen molar-refractivity contribution in [3.8, 4) is 0 Å². The maximum absolute atomic E-state index is 4.30. The highest BCUT2D eigenvalue weighted by Crippen LogP contribution is 2.47. The lowest BCUT2D eigenvalue weighted by molar-refractivity contribution is -0.778. The fraction of sp³-hybridized carbons (Fsp3) is 0.231. The zero-order chi connectivity index (χ0) is 14.4. The molecule has 6 nitrogen and oxygen atoms in total. The van der Waals surface area contributed by atoms with E-state index in [-0.39, 0.29) is 4.33 Å². The summed E-state index contributed by atoms with van der Waals surface area (Å²) in [6, 6.07) is 10.3. The fourth-order valence-electron chi connectivity index (χ4n) is 2.47. The lowest BCUT2D eigenvalue weighted by Gasteiger charge is -2.02. The third kappa shape index (κ3) is 1.75. The van der Waals surface area contributed by atoms with Crippen LogP contribution in [0.1, 0.15) is 5.56 Å². The van der Waals surface area contributed by atoms with Crippen molar-refractivity contribution in [1.82, 2.24) is 10.9 Å². The first-order valence-electron chi connectivity index (χ1n) is 6.48. The van der Waals surface area contributed by atoms with Crippen LogP contribution in [0.15, 0.2) is 40.3 Å². The van der Waals surface area contributed by atoms with Crippen molar-refractivity contribution in [2.45, 2.75) is 4.33 Å². The van der Waals surface area contributed by atoms with Gasteiger partial charge in [0.1, 0.15) is 0 Å². The summed E-state index contributed by atoms with van der Waals surface area (Å²) in [7, 11) is 3.59. The van der Waals surface area contributed by atoms with Crippen LogP contribution >= 0.6 is 23.5 Å².